The molecule has 2 nitrogen and oxygen atoms in total. The van der Waals surface area contributed by atoms with Gasteiger partial charge in [-0.05, 0) is 30.5 Å². The second-order valence-electron chi connectivity index (χ2n) is 4.89. The molecule has 0 bridgehead atoms. The first-order valence-corrected chi connectivity index (χ1v) is 6.08. The van der Waals surface area contributed by atoms with E-state index in [2.05, 4.69) is 25.1 Å². The minimum Gasteiger partial charge on any atom is -0.431 e. The SMILES string of the molecule is Cc1ccc2c(c1)CCC(OC(=O)C(C)C)=C2. The van der Waals surface area contributed by atoms with Crippen molar-refractivity contribution in [3.05, 3.63) is 40.6 Å². The highest BCUT2D eigenvalue weighted by Gasteiger charge is 2.16. The maximum Gasteiger partial charge on any atom is 0.313 e. The average Bonchev–Trinajstić information content (AvgIpc) is 2.29. The van der Waals surface area contributed by atoms with Crippen molar-refractivity contribution < 1.29 is 9.53 Å². The van der Waals surface area contributed by atoms with Crippen molar-refractivity contribution in [2.45, 2.75) is 33.6 Å². The largest absolute Gasteiger partial charge is 0.431 e. The molecule has 17 heavy (non-hydrogen) atoms. The van der Waals surface area contributed by atoms with Gasteiger partial charge in [0.2, 0.25) is 0 Å². The fraction of sp³-hybridized carbons (Fsp3) is 0.400. The van der Waals surface area contributed by atoms with Crippen LogP contribution in [-0.4, -0.2) is 5.97 Å². The van der Waals surface area contributed by atoms with Crippen molar-refractivity contribution in [2.75, 3.05) is 0 Å². The molecule has 0 heterocycles. The van der Waals surface area contributed by atoms with Gasteiger partial charge in [-0.15, -0.1) is 0 Å². The van der Waals surface area contributed by atoms with E-state index >= 15 is 0 Å². The summed E-state index contributed by atoms with van der Waals surface area (Å²) in [5, 5.41) is 0. The van der Waals surface area contributed by atoms with Gasteiger partial charge in [-0.1, -0.05) is 37.6 Å². The van der Waals surface area contributed by atoms with Crippen LogP contribution in [0.4, 0.5) is 0 Å². The third-order valence-electron chi connectivity index (χ3n) is 2.96. The molecule has 0 saturated carbocycles. The van der Waals surface area contributed by atoms with Gasteiger partial charge in [0.1, 0.15) is 5.76 Å². The molecule has 0 radical (unpaired) electrons. The van der Waals surface area contributed by atoms with Crippen LogP contribution < -0.4 is 0 Å². The Labute approximate surface area is 102 Å². The third-order valence-corrected chi connectivity index (χ3v) is 2.96. The monoisotopic (exact) mass is 230 g/mol. The maximum absolute atomic E-state index is 11.5. The van der Waals surface area contributed by atoms with Gasteiger partial charge < -0.3 is 4.74 Å². The number of carbonyl (C=O) groups excluding carboxylic acids is 1. The van der Waals surface area contributed by atoms with Crippen molar-refractivity contribution in [1.29, 1.82) is 0 Å². The fourth-order valence-electron chi connectivity index (χ4n) is 1.92. The van der Waals surface area contributed by atoms with Crippen LogP contribution in [0, 0.1) is 12.8 Å². The Bertz CT molecular complexity index is 470. The summed E-state index contributed by atoms with van der Waals surface area (Å²) in [7, 11) is 0. The molecule has 2 heteroatoms. The number of esters is 1. The average molecular weight is 230 g/mol. The van der Waals surface area contributed by atoms with Crippen molar-refractivity contribution >= 4 is 12.0 Å². The maximum atomic E-state index is 11.5. The second kappa shape index (κ2) is 4.74. The van der Waals surface area contributed by atoms with Crippen LogP contribution in [-0.2, 0) is 16.0 Å². The first-order chi connectivity index (χ1) is 8.06. The van der Waals surface area contributed by atoms with Crippen molar-refractivity contribution in [2.24, 2.45) is 5.92 Å². The van der Waals surface area contributed by atoms with E-state index in [9.17, 15) is 4.79 Å². The first-order valence-electron chi connectivity index (χ1n) is 6.08. The highest BCUT2D eigenvalue weighted by molar-refractivity contribution is 5.74. The molecule has 2 rings (SSSR count). The quantitative estimate of drug-likeness (QED) is 0.727. The lowest BCUT2D eigenvalue weighted by molar-refractivity contribution is -0.143. The summed E-state index contributed by atoms with van der Waals surface area (Å²) in [5.74, 6) is 0.571. The van der Waals surface area contributed by atoms with Crippen molar-refractivity contribution in [3.63, 3.8) is 0 Å². The van der Waals surface area contributed by atoms with E-state index in [0.717, 1.165) is 18.6 Å². The number of hydrogen-bond acceptors (Lipinski definition) is 2. The number of allylic oxidation sites excluding steroid dienone is 1. The molecule has 0 unspecified atom stereocenters. The predicted octanol–water partition coefficient (Wildman–Crippen LogP) is 3.48. The molecule has 1 aromatic carbocycles. The molecule has 0 amide bonds. The number of benzene rings is 1. The fourth-order valence-corrected chi connectivity index (χ4v) is 1.92. The van der Waals surface area contributed by atoms with Crippen LogP contribution in [0.3, 0.4) is 0 Å². The zero-order valence-electron chi connectivity index (χ0n) is 10.6. The van der Waals surface area contributed by atoms with E-state index in [0.29, 0.717) is 0 Å². The molecular formula is C15H18O2. The lowest BCUT2D eigenvalue weighted by atomic mass is 9.95. The third kappa shape index (κ3) is 2.76. The number of aryl methyl sites for hydroxylation is 2. The Kier molecular flexibility index (Phi) is 3.32. The highest BCUT2D eigenvalue weighted by atomic mass is 16.5. The molecule has 0 saturated heterocycles. The lowest BCUT2D eigenvalue weighted by Crippen LogP contribution is -2.13. The molecule has 90 valence electrons. The second-order valence-corrected chi connectivity index (χ2v) is 4.89. The Morgan fingerprint density at radius 1 is 1.29 bits per heavy atom. The van der Waals surface area contributed by atoms with Crippen LogP contribution in [0.1, 0.15) is 37.0 Å². The highest BCUT2D eigenvalue weighted by Crippen LogP contribution is 2.25. The molecule has 1 aliphatic rings. The molecular weight excluding hydrogens is 212 g/mol. The normalized spacial score (nSPS) is 14.2. The molecule has 0 aliphatic heterocycles. The summed E-state index contributed by atoms with van der Waals surface area (Å²) >= 11 is 0. The molecule has 0 fully saturated rings. The molecule has 0 N–H and O–H groups in total. The molecule has 1 aliphatic carbocycles. The van der Waals surface area contributed by atoms with Gasteiger partial charge in [0.05, 0.1) is 5.92 Å². The van der Waals surface area contributed by atoms with Crippen LogP contribution in [0.15, 0.2) is 24.0 Å². The zero-order valence-corrected chi connectivity index (χ0v) is 10.6. The van der Waals surface area contributed by atoms with E-state index in [1.807, 2.05) is 19.9 Å². The Morgan fingerprint density at radius 2 is 2.06 bits per heavy atom. The molecule has 1 aromatic rings. The van der Waals surface area contributed by atoms with Crippen LogP contribution in [0.25, 0.3) is 6.08 Å². The number of fused-ring (bicyclic) bond motifs is 1. The summed E-state index contributed by atoms with van der Waals surface area (Å²) < 4.78 is 5.36. The van der Waals surface area contributed by atoms with Gasteiger partial charge in [0.15, 0.2) is 0 Å². The van der Waals surface area contributed by atoms with Crippen molar-refractivity contribution in [1.82, 2.24) is 0 Å². The van der Waals surface area contributed by atoms with E-state index in [4.69, 9.17) is 4.74 Å². The lowest BCUT2D eigenvalue weighted by Gasteiger charge is -2.17. The topological polar surface area (TPSA) is 26.3 Å². The minimum atomic E-state index is -0.146. The Balaban J connectivity index is 2.18. The predicted molar refractivity (Wildman–Crippen MR) is 68.4 cm³/mol. The molecule has 0 atom stereocenters. The van der Waals surface area contributed by atoms with Gasteiger partial charge >= 0.3 is 5.97 Å². The van der Waals surface area contributed by atoms with Gasteiger partial charge in [-0.2, -0.15) is 0 Å². The van der Waals surface area contributed by atoms with E-state index in [-0.39, 0.29) is 11.9 Å². The summed E-state index contributed by atoms with van der Waals surface area (Å²) in [4.78, 5) is 11.5. The van der Waals surface area contributed by atoms with E-state index in [1.165, 1.54) is 16.7 Å². The summed E-state index contributed by atoms with van der Waals surface area (Å²) in [5.41, 5.74) is 3.79. The van der Waals surface area contributed by atoms with E-state index < -0.39 is 0 Å². The summed E-state index contributed by atoms with van der Waals surface area (Å²) in [6, 6.07) is 6.38. The van der Waals surface area contributed by atoms with Gasteiger partial charge in [0.25, 0.3) is 0 Å². The Morgan fingerprint density at radius 3 is 2.76 bits per heavy atom. The van der Waals surface area contributed by atoms with Crippen LogP contribution >= 0.6 is 0 Å². The number of ether oxygens (including phenoxy) is 1. The first kappa shape index (κ1) is 11.9. The molecule has 0 aromatic heterocycles. The van der Waals surface area contributed by atoms with Crippen LogP contribution in [0.2, 0.25) is 0 Å². The van der Waals surface area contributed by atoms with Crippen molar-refractivity contribution in [3.8, 4) is 0 Å². The van der Waals surface area contributed by atoms with Gasteiger partial charge in [0, 0.05) is 6.42 Å². The standard InChI is InChI=1S/C15H18O2/c1-10(2)15(16)17-14-7-6-12-8-11(3)4-5-13(12)9-14/h4-5,8-10H,6-7H2,1-3H3. The smallest absolute Gasteiger partial charge is 0.313 e. The summed E-state index contributed by atoms with van der Waals surface area (Å²) in [6.45, 7) is 5.80. The summed E-state index contributed by atoms with van der Waals surface area (Å²) in [6.07, 6.45) is 3.75. The number of hydrogen-bond donors (Lipinski definition) is 0. The van der Waals surface area contributed by atoms with Crippen LogP contribution in [0.5, 0.6) is 0 Å². The number of rotatable bonds is 2. The van der Waals surface area contributed by atoms with E-state index in [1.54, 1.807) is 0 Å². The van der Waals surface area contributed by atoms with Gasteiger partial charge in [-0.25, -0.2) is 0 Å². The number of carbonyl (C=O) groups is 1. The Hall–Kier alpha value is -1.57. The zero-order chi connectivity index (χ0) is 12.4. The van der Waals surface area contributed by atoms with Gasteiger partial charge in [-0.3, -0.25) is 4.79 Å². The minimum absolute atomic E-state index is 0.0738. The molecule has 0 spiro atoms.